The lowest BCUT2D eigenvalue weighted by Gasteiger charge is -2.02. The second kappa shape index (κ2) is 6.14. The van der Waals surface area contributed by atoms with Crippen LogP contribution in [-0.2, 0) is 28.9 Å². The second-order valence-corrected chi connectivity index (χ2v) is 5.77. The topological polar surface area (TPSA) is 45.8 Å². The molecule has 0 spiro atoms. The fraction of sp³-hybridized carbons (Fsp3) is 0.615. The number of aryl methyl sites for hydroxylation is 1. The van der Waals surface area contributed by atoms with Crippen molar-refractivity contribution in [1.82, 2.24) is 4.90 Å². The van der Waals surface area contributed by atoms with Gasteiger partial charge >= 0.3 is 11.1 Å². The van der Waals surface area contributed by atoms with Crippen molar-refractivity contribution in [2.75, 3.05) is 20.7 Å². The molecule has 0 bridgehead atoms. The standard InChI is InChI=1S/C13H20N3O2S/c1-4-18-12(17)8-16-10-6-5-7-11(10)19-13(16)14-9-15(2)3/h9H,4-8H2,1-3H3/q+1. The maximum atomic E-state index is 11.7. The molecule has 0 saturated carbocycles. The second-order valence-electron chi connectivity index (χ2n) is 4.71. The first kappa shape index (κ1) is 14.0. The third-order valence-corrected chi connectivity index (χ3v) is 4.10. The summed E-state index contributed by atoms with van der Waals surface area (Å²) in [7, 11) is 3.86. The van der Waals surface area contributed by atoms with E-state index in [1.807, 2.05) is 30.5 Å². The zero-order valence-electron chi connectivity index (χ0n) is 11.7. The Labute approximate surface area is 117 Å². The Morgan fingerprint density at radius 3 is 3.00 bits per heavy atom. The Bertz CT molecular complexity index is 494. The Hall–Kier alpha value is -1.43. The molecule has 1 aliphatic carbocycles. The molecule has 2 rings (SSSR count). The van der Waals surface area contributed by atoms with E-state index in [2.05, 4.69) is 4.99 Å². The molecule has 0 aromatic carbocycles. The summed E-state index contributed by atoms with van der Waals surface area (Å²) in [6, 6.07) is 0. The van der Waals surface area contributed by atoms with E-state index in [4.69, 9.17) is 4.74 Å². The summed E-state index contributed by atoms with van der Waals surface area (Å²) in [4.78, 5) is 19.4. The Morgan fingerprint density at radius 2 is 2.32 bits per heavy atom. The molecular formula is C13H20N3O2S+. The summed E-state index contributed by atoms with van der Waals surface area (Å²) in [6.45, 7) is 2.51. The van der Waals surface area contributed by atoms with Crippen molar-refractivity contribution in [2.45, 2.75) is 32.7 Å². The van der Waals surface area contributed by atoms with E-state index >= 15 is 0 Å². The lowest BCUT2D eigenvalue weighted by atomic mass is 10.3. The SMILES string of the molecule is CCOC(=O)C[n+]1c(N=CN(C)C)sc2c1CCC2. The van der Waals surface area contributed by atoms with Crippen molar-refractivity contribution in [1.29, 1.82) is 0 Å². The molecule has 0 N–H and O–H groups in total. The number of hydrogen-bond donors (Lipinski definition) is 0. The van der Waals surface area contributed by atoms with Crippen molar-refractivity contribution in [3.8, 4) is 0 Å². The third kappa shape index (κ3) is 3.32. The highest BCUT2D eigenvalue weighted by Crippen LogP contribution is 2.30. The molecule has 0 aliphatic heterocycles. The summed E-state index contributed by atoms with van der Waals surface area (Å²) >= 11 is 1.68. The number of hydrogen-bond acceptors (Lipinski definition) is 4. The summed E-state index contributed by atoms with van der Waals surface area (Å²) in [6.07, 6.45) is 5.06. The van der Waals surface area contributed by atoms with Crippen molar-refractivity contribution in [2.24, 2.45) is 4.99 Å². The maximum Gasteiger partial charge on any atom is 0.384 e. The van der Waals surface area contributed by atoms with Gasteiger partial charge in [-0.1, -0.05) is 0 Å². The van der Waals surface area contributed by atoms with Crippen LogP contribution in [0.3, 0.4) is 0 Å². The molecule has 104 valence electrons. The third-order valence-electron chi connectivity index (χ3n) is 2.90. The average Bonchev–Trinajstić information content (AvgIpc) is 2.90. The van der Waals surface area contributed by atoms with Crippen molar-refractivity contribution >= 4 is 28.8 Å². The number of ether oxygens (including phenoxy) is 1. The van der Waals surface area contributed by atoms with Crippen LogP contribution < -0.4 is 4.57 Å². The number of nitrogens with zero attached hydrogens (tertiary/aromatic N) is 3. The molecule has 0 atom stereocenters. The average molecular weight is 282 g/mol. The summed E-state index contributed by atoms with van der Waals surface area (Å²) in [5.41, 5.74) is 1.25. The van der Waals surface area contributed by atoms with Gasteiger partial charge in [-0.3, -0.25) is 0 Å². The molecule has 5 nitrogen and oxygen atoms in total. The van der Waals surface area contributed by atoms with Crippen LogP contribution in [0.15, 0.2) is 4.99 Å². The molecule has 1 aromatic heterocycles. The fourth-order valence-electron chi connectivity index (χ4n) is 2.14. The lowest BCUT2D eigenvalue weighted by molar-refractivity contribution is -0.676. The first-order valence-electron chi connectivity index (χ1n) is 6.52. The maximum absolute atomic E-state index is 11.7. The van der Waals surface area contributed by atoms with Crippen LogP contribution in [0.2, 0.25) is 0 Å². The van der Waals surface area contributed by atoms with Crippen molar-refractivity contribution < 1.29 is 14.1 Å². The molecule has 0 unspecified atom stereocenters. The fourth-order valence-corrected chi connectivity index (χ4v) is 3.32. The van der Waals surface area contributed by atoms with Gasteiger partial charge in [-0.05, 0) is 36.1 Å². The first-order chi connectivity index (χ1) is 9.11. The molecule has 0 saturated heterocycles. The van der Waals surface area contributed by atoms with Gasteiger partial charge in [0, 0.05) is 20.5 Å². The van der Waals surface area contributed by atoms with Gasteiger partial charge in [0.05, 0.1) is 11.5 Å². The van der Waals surface area contributed by atoms with Gasteiger partial charge in [-0.15, -0.1) is 0 Å². The van der Waals surface area contributed by atoms with Crippen LogP contribution in [0.5, 0.6) is 0 Å². The number of aromatic nitrogens is 1. The van der Waals surface area contributed by atoms with E-state index in [0.29, 0.717) is 6.61 Å². The Morgan fingerprint density at radius 1 is 1.53 bits per heavy atom. The first-order valence-corrected chi connectivity index (χ1v) is 7.34. The molecule has 1 aromatic rings. The molecule has 0 amide bonds. The minimum absolute atomic E-state index is 0.193. The summed E-state index contributed by atoms with van der Waals surface area (Å²) < 4.78 is 7.04. The highest BCUT2D eigenvalue weighted by molar-refractivity contribution is 7.15. The number of thiazole rings is 1. The van der Waals surface area contributed by atoms with Gasteiger partial charge in [-0.2, -0.15) is 0 Å². The van der Waals surface area contributed by atoms with Crippen LogP contribution >= 0.6 is 11.3 Å². The minimum Gasteiger partial charge on any atom is -0.463 e. The largest absolute Gasteiger partial charge is 0.463 e. The van der Waals surface area contributed by atoms with E-state index in [1.165, 1.54) is 17.0 Å². The molecule has 1 aliphatic rings. The smallest absolute Gasteiger partial charge is 0.384 e. The van der Waals surface area contributed by atoms with E-state index < -0.39 is 0 Å². The van der Waals surface area contributed by atoms with Crippen LogP contribution in [-0.4, -0.2) is 37.9 Å². The van der Waals surface area contributed by atoms with E-state index in [0.717, 1.165) is 18.0 Å². The number of aliphatic imine (C=N–C) groups is 1. The molecule has 6 heteroatoms. The van der Waals surface area contributed by atoms with Crippen LogP contribution in [0.4, 0.5) is 5.13 Å². The monoisotopic (exact) mass is 282 g/mol. The van der Waals surface area contributed by atoms with Gasteiger partial charge in [0.15, 0.2) is 6.54 Å². The van der Waals surface area contributed by atoms with Crippen LogP contribution in [0.25, 0.3) is 0 Å². The Balaban J connectivity index is 2.25. The predicted molar refractivity (Wildman–Crippen MR) is 75.0 cm³/mol. The van der Waals surface area contributed by atoms with E-state index in [1.54, 1.807) is 17.7 Å². The summed E-state index contributed by atoms with van der Waals surface area (Å²) in [5, 5.41) is 0.881. The Kier molecular flexibility index (Phi) is 4.52. The molecule has 19 heavy (non-hydrogen) atoms. The van der Waals surface area contributed by atoms with Gasteiger partial charge in [-0.25, -0.2) is 9.36 Å². The quantitative estimate of drug-likeness (QED) is 0.354. The van der Waals surface area contributed by atoms with E-state index in [9.17, 15) is 4.79 Å². The number of carbonyl (C=O) groups excluding carboxylic acids is 1. The van der Waals surface area contributed by atoms with Crippen LogP contribution in [0.1, 0.15) is 23.9 Å². The molecule has 1 heterocycles. The van der Waals surface area contributed by atoms with Gasteiger partial charge < -0.3 is 9.64 Å². The van der Waals surface area contributed by atoms with Gasteiger partial charge in [0.1, 0.15) is 5.69 Å². The molecule has 0 fully saturated rings. The van der Waals surface area contributed by atoms with Crippen LogP contribution in [0, 0.1) is 0 Å². The van der Waals surface area contributed by atoms with Crippen molar-refractivity contribution in [3.05, 3.63) is 10.6 Å². The number of esters is 1. The zero-order chi connectivity index (χ0) is 13.8. The number of carbonyl (C=O) groups is 1. The normalized spacial score (nSPS) is 13.8. The minimum atomic E-state index is -0.193. The van der Waals surface area contributed by atoms with Gasteiger partial charge in [0.25, 0.3) is 0 Å². The van der Waals surface area contributed by atoms with Crippen molar-refractivity contribution in [3.63, 3.8) is 0 Å². The van der Waals surface area contributed by atoms with E-state index in [-0.39, 0.29) is 12.5 Å². The summed E-state index contributed by atoms with van der Waals surface area (Å²) in [5.74, 6) is -0.193. The molecular weight excluding hydrogens is 262 g/mol. The number of fused-ring (bicyclic) bond motifs is 1. The number of rotatable bonds is 5. The lowest BCUT2D eigenvalue weighted by Crippen LogP contribution is -2.40. The predicted octanol–water partition coefficient (Wildman–Crippen LogP) is 1.31. The highest BCUT2D eigenvalue weighted by Gasteiger charge is 2.29. The highest BCUT2D eigenvalue weighted by atomic mass is 32.1. The molecule has 0 radical (unpaired) electrons. The zero-order valence-corrected chi connectivity index (χ0v) is 12.5. The van der Waals surface area contributed by atoms with Gasteiger partial charge in [0.2, 0.25) is 6.34 Å².